The topological polar surface area (TPSA) is 73.3 Å². The van der Waals surface area contributed by atoms with Crippen molar-refractivity contribution in [2.24, 2.45) is 5.84 Å². The molecule has 0 amide bonds. The van der Waals surface area contributed by atoms with Crippen molar-refractivity contribution in [1.82, 2.24) is 5.59 Å². The number of nitrogens with two attached hydrogens (primary N) is 2. The number of nitrogen functional groups attached to an aromatic ring is 1. The average Bonchev–Trinajstić information content (AvgIpc) is 1.94. The van der Waals surface area contributed by atoms with Crippen molar-refractivity contribution >= 4 is 5.69 Å². The molecule has 0 aromatic heterocycles. The van der Waals surface area contributed by atoms with Gasteiger partial charge in [-0.1, -0.05) is 17.7 Å². The minimum Gasteiger partial charge on any atom is -0.396 e. The summed E-state index contributed by atoms with van der Waals surface area (Å²) >= 11 is 0. The van der Waals surface area contributed by atoms with Gasteiger partial charge < -0.3 is 10.6 Å². The maximum atomic E-state index is 5.49. The van der Waals surface area contributed by atoms with Crippen LogP contribution in [0.3, 0.4) is 0 Å². The van der Waals surface area contributed by atoms with Gasteiger partial charge in [-0.3, -0.25) is 0 Å². The van der Waals surface area contributed by atoms with Crippen LogP contribution in [0.15, 0.2) is 24.3 Å². The van der Waals surface area contributed by atoms with Gasteiger partial charge in [-0.25, -0.2) is 5.84 Å². The van der Waals surface area contributed by atoms with E-state index in [1.54, 1.807) is 12.1 Å². The number of para-hydroxylation sites is 2. The summed E-state index contributed by atoms with van der Waals surface area (Å²) in [6.07, 6.45) is 0. The van der Waals surface area contributed by atoms with Gasteiger partial charge in [0.2, 0.25) is 0 Å². The highest BCUT2D eigenvalue weighted by Crippen LogP contribution is 2.17. The van der Waals surface area contributed by atoms with Crippen LogP contribution in [-0.4, -0.2) is 0 Å². The van der Waals surface area contributed by atoms with E-state index in [9.17, 15) is 0 Å². The maximum absolute atomic E-state index is 5.49. The molecule has 0 saturated carbocycles. The molecule has 1 rings (SSSR count). The first-order valence-corrected chi connectivity index (χ1v) is 2.81. The van der Waals surface area contributed by atoms with Gasteiger partial charge in [-0.2, -0.15) is 0 Å². The molecular formula is C6H9N3O. The smallest absolute Gasteiger partial charge is 0.171 e. The van der Waals surface area contributed by atoms with Crippen molar-refractivity contribution in [3.05, 3.63) is 24.3 Å². The SMILES string of the molecule is NNOc1ccccc1N. The Morgan fingerprint density at radius 1 is 1.30 bits per heavy atom. The highest BCUT2D eigenvalue weighted by Gasteiger charge is 1.94. The quantitative estimate of drug-likeness (QED) is 0.307. The first-order valence-electron chi connectivity index (χ1n) is 2.81. The Kier molecular flexibility index (Phi) is 2.09. The summed E-state index contributed by atoms with van der Waals surface area (Å²) in [7, 11) is 0. The van der Waals surface area contributed by atoms with Crippen molar-refractivity contribution in [1.29, 1.82) is 0 Å². The normalized spacial score (nSPS) is 9.30. The predicted molar refractivity (Wildman–Crippen MR) is 38.8 cm³/mol. The third-order valence-electron chi connectivity index (χ3n) is 1.09. The summed E-state index contributed by atoms with van der Waals surface area (Å²) in [5.74, 6) is 5.43. The number of anilines is 1. The van der Waals surface area contributed by atoms with Crippen LogP contribution in [0.2, 0.25) is 0 Å². The summed E-state index contributed by atoms with van der Waals surface area (Å²) in [6, 6.07) is 7.07. The van der Waals surface area contributed by atoms with Gasteiger partial charge in [0.15, 0.2) is 5.75 Å². The molecule has 0 heterocycles. The molecule has 5 N–H and O–H groups in total. The number of hydrogen-bond acceptors (Lipinski definition) is 4. The molecule has 0 radical (unpaired) electrons. The van der Waals surface area contributed by atoms with Gasteiger partial charge >= 0.3 is 0 Å². The van der Waals surface area contributed by atoms with E-state index in [0.29, 0.717) is 11.4 Å². The zero-order chi connectivity index (χ0) is 7.40. The summed E-state index contributed by atoms with van der Waals surface area (Å²) in [4.78, 5) is 4.74. The molecule has 10 heavy (non-hydrogen) atoms. The second-order valence-electron chi connectivity index (χ2n) is 1.76. The first kappa shape index (κ1) is 6.85. The molecule has 1 aromatic carbocycles. The van der Waals surface area contributed by atoms with Gasteiger partial charge in [-0.15, -0.1) is 0 Å². The Bertz CT molecular complexity index is 214. The van der Waals surface area contributed by atoms with E-state index in [-0.39, 0.29) is 0 Å². The highest BCUT2D eigenvalue weighted by molar-refractivity contribution is 5.51. The lowest BCUT2D eigenvalue weighted by atomic mass is 10.3. The second kappa shape index (κ2) is 3.05. The fourth-order valence-electron chi connectivity index (χ4n) is 0.637. The van der Waals surface area contributed by atoms with Crippen LogP contribution in [0.4, 0.5) is 5.69 Å². The van der Waals surface area contributed by atoms with E-state index >= 15 is 0 Å². The monoisotopic (exact) mass is 139 g/mol. The molecule has 1 aromatic rings. The molecule has 4 heteroatoms. The molecule has 0 spiro atoms. The van der Waals surface area contributed by atoms with Gasteiger partial charge in [0, 0.05) is 0 Å². The Morgan fingerprint density at radius 2 is 2.00 bits per heavy atom. The van der Waals surface area contributed by atoms with Crippen LogP contribution in [0.25, 0.3) is 0 Å². The first-order chi connectivity index (χ1) is 4.84. The number of rotatable bonds is 2. The summed E-state index contributed by atoms with van der Waals surface area (Å²) < 4.78 is 0. The lowest BCUT2D eigenvalue weighted by molar-refractivity contribution is 0.200. The highest BCUT2D eigenvalue weighted by atomic mass is 16.7. The van der Waals surface area contributed by atoms with Crippen molar-refractivity contribution in [3.8, 4) is 5.75 Å². The van der Waals surface area contributed by atoms with Gasteiger partial charge in [-0.05, 0) is 12.1 Å². The Balaban J connectivity index is 2.81. The Morgan fingerprint density at radius 3 is 2.60 bits per heavy atom. The van der Waals surface area contributed by atoms with Crippen LogP contribution in [0.1, 0.15) is 0 Å². The minimum atomic E-state index is 0.532. The fraction of sp³-hybridized carbons (Fsp3) is 0. The van der Waals surface area contributed by atoms with E-state index in [2.05, 4.69) is 0 Å². The molecule has 4 nitrogen and oxygen atoms in total. The van der Waals surface area contributed by atoms with Crippen LogP contribution in [0.5, 0.6) is 5.75 Å². The zero-order valence-corrected chi connectivity index (χ0v) is 5.37. The van der Waals surface area contributed by atoms with E-state index in [1.807, 2.05) is 17.7 Å². The Labute approximate surface area is 58.7 Å². The van der Waals surface area contributed by atoms with E-state index in [0.717, 1.165) is 0 Å². The molecule has 0 aliphatic rings. The second-order valence-corrected chi connectivity index (χ2v) is 1.76. The van der Waals surface area contributed by atoms with Gasteiger partial charge in [0.1, 0.15) is 0 Å². The lowest BCUT2D eigenvalue weighted by Gasteiger charge is -2.03. The number of nitrogens with one attached hydrogen (secondary N) is 1. The van der Waals surface area contributed by atoms with Crippen LogP contribution in [0, 0.1) is 0 Å². The number of hydrogen-bond donors (Lipinski definition) is 3. The standard InChI is InChI=1S/C6H9N3O/c7-5-3-1-2-4-6(5)10-9-8/h1-4,9H,7-8H2. The molecule has 0 aliphatic carbocycles. The fourth-order valence-corrected chi connectivity index (χ4v) is 0.637. The van der Waals surface area contributed by atoms with E-state index < -0.39 is 0 Å². The van der Waals surface area contributed by atoms with Crippen molar-refractivity contribution in [2.45, 2.75) is 0 Å². The van der Waals surface area contributed by atoms with Crippen LogP contribution in [-0.2, 0) is 0 Å². The average molecular weight is 139 g/mol. The molecule has 0 bridgehead atoms. The molecule has 0 saturated heterocycles. The van der Waals surface area contributed by atoms with Crippen molar-refractivity contribution in [3.63, 3.8) is 0 Å². The lowest BCUT2D eigenvalue weighted by Crippen LogP contribution is -2.26. The predicted octanol–water partition coefficient (Wildman–Crippen LogP) is 0.0259. The third kappa shape index (κ3) is 1.37. The summed E-state index contributed by atoms with van der Waals surface area (Å²) in [6.45, 7) is 0. The van der Waals surface area contributed by atoms with Crippen LogP contribution < -0.4 is 22.0 Å². The zero-order valence-electron chi connectivity index (χ0n) is 5.37. The molecular weight excluding hydrogens is 130 g/mol. The van der Waals surface area contributed by atoms with Crippen LogP contribution >= 0.6 is 0 Å². The molecule has 0 atom stereocenters. The van der Waals surface area contributed by atoms with Gasteiger partial charge in [0.25, 0.3) is 0 Å². The van der Waals surface area contributed by atoms with Crippen molar-refractivity contribution in [2.75, 3.05) is 5.73 Å². The summed E-state index contributed by atoms with van der Waals surface area (Å²) in [5.41, 5.74) is 8.09. The van der Waals surface area contributed by atoms with Crippen molar-refractivity contribution < 1.29 is 4.84 Å². The minimum absolute atomic E-state index is 0.532. The molecule has 0 unspecified atom stereocenters. The van der Waals surface area contributed by atoms with E-state index in [1.165, 1.54) is 0 Å². The summed E-state index contributed by atoms with van der Waals surface area (Å²) in [5, 5.41) is 0. The van der Waals surface area contributed by atoms with Gasteiger partial charge in [0.05, 0.1) is 5.69 Å². The molecule has 0 aliphatic heterocycles. The largest absolute Gasteiger partial charge is 0.396 e. The number of benzene rings is 1. The van der Waals surface area contributed by atoms with E-state index in [4.69, 9.17) is 16.4 Å². The molecule has 54 valence electrons. The number of hydrazine groups is 1. The molecule has 0 fully saturated rings. The Hall–Kier alpha value is -1.26. The third-order valence-corrected chi connectivity index (χ3v) is 1.09. The maximum Gasteiger partial charge on any atom is 0.171 e.